The summed E-state index contributed by atoms with van der Waals surface area (Å²) in [6.45, 7) is 0. The van der Waals surface area contributed by atoms with Crippen LogP contribution in [0.15, 0.2) is 47.1 Å². The van der Waals surface area contributed by atoms with Crippen molar-refractivity contribution in [3.05, 3.63) is 53.4 Å². The molecule has 0 aliphatic heterocycles. The van der Waals surface area contributed by atoms with E-state index in [-0.39, 0.29) is 24.6 Å². The number of halogens is 2. The molecule has 3 rings (SSSR count). The van der Waals surface area contributed by atoms with Crippen molar-refractivity contribution in [3.63, 3.8) is 0 Å². The monoisotopic (exact) mass is 363 g/mol. The van der Waals surface area contributed by atoms with Gasteiger partial charge in [0.05, 0.1) is 11.4 Å². The van der Waals surface area contributed by atoms with Crippen LogP contribution in [0.25, 0.3) is 11.5 Å². The molecule has 7 nitrogen and oxygen atoms in total. The average molecular weight is 364 g/mol. The summed E-state index contributed by atoms with van der Waals surface area (Å²) in [4.78, 5) is 22.0. The van der Waals surface area contributed by atoms with Gasteiger partial charge in [-0.25, -0.2) is 9.78 Å². The lowest BCUT2D eigenvalue weighted by atomic mass is 10.2. The highest BCUT2D eigenvalue weighted by atomic mass is 35.5. The molecule has 0 aliphatic carbocycles. The predicted octanol–water partition coefficient (Wildman–Crippen LogP) is 3.94. The second-order valence-corrected chi connectivity index (χ2v) is 5.34. The molecule has 0 bridgehead atoms. The SMILES string of the molecule is O=C(CCc1noc(-c2ccc(Oc3ccc(Cl)cn3)cc2)n1)OF. The minimum absolute atomic E-state index is 0.121. The molecule has 0 fully saturated rings. The van der Waals surface area contributed by atoms with Gasteiger partial charge in [0, 0.05) is 28.8 Å². The number of nitrogens with zero attached hydrogens (tertiary/aromatic N) is 3. The molecular weight excluding hydrogens is 353 g/mol. The van der Waals surface area contributed by atoms with Crippen molar-refractivity contribution in [3.8, 4) is 23.1 Å². The summed E-state index contributed by atoms with van der Waals surface area (Å²) in [6, 6.07) is 10.2. The number of benzene rings is 1. The highest BCUT2D eigenvalue weighted by molar-refractivity contribution is 6.30. The van der Waals surface area contributed by atoms with Crippen LogP contribution < -0.4 is 4.74 Å². The minimum Gasteiger partial charge on any atom is -0.439 e. The fraction of sp³-hybridized carbons (Fsp3) is 0.125. The fourth-order valence-corrected chi connectivity index (χ4v) is 2.05. The first kappa shape index (κ1) is 16.8. The van der Waals surface area contributed by atoms with Crippen LogP contribution >= 0.6 is 11.6 Å². The zero-order chi connectivity index (χ0) is 17.6. The van der Waals surface area contributed by atoms with Crippen LogP contribution in [-0.2, 0) is 16.2 Å². The topological polar surface area (TPSA) is 87.3 Å². The summed E-state index contributed by atoms with van der Waals surface area (Å²) < 4.78 is 22.3. The molecule has 0 radical (unpaired) electrons. The van der Waals surface area contributed by atoms with Crippen molar-refractivity contribution in [2.45, 2.75) is 12.8 Å². The Morgan fingerprint density at radius 1 is 1.20 bits per heavy atom. The van der Waals surface area contributed by atoms with E-state index in [0.29, 0.717) is 22.2 Å². The van der Waals surface area contributed by atoms with Crippen LogP contribution in [0.4, 0.5) is 4.53 Å². The third-order valence-electron chi connectivity index (χ3n) is 3.13. The molecule has 9 heteroatoms. The number of ether oxygens (including phenoxy) is 1. The Kier molecular flexibility index (Phi) is 5.20. The lowest BCUT2D eigenvalue weighted by Gasteiger charge is -2.04. The summed E-state index contributed by atoms with van der Waals surface area (Å²) in [5, 5.41) is 4.25. The Morgan fingerprint density at radius 2 is 2.00 bits per heavy atom. The summed E-state index contributed by atoms with van der Waals surface area (Å²) in [7, 11) is 0. The van der Waals surface area contributed by atoms with E-state index < -0.39 is 5.97 Å². The first-order valence-corrected chi connectivity index (χ1v) is 7.55. The van der Waals surface area contributed by atoms with Crippen LogP contribution in [0.1, 0.15) is 12.2 Å². The molecule has 0 atom stereocenters. The summed E-state index contributed by atoms with van der Waals surface area (Å²) >= 11 is 5.77. The lowest BCUT2D eigenvalue weighted by molar-refractivity contribution is -0.183. The van der Waals surface area contributed by atoms with E-state index in [1.54, 1.807) is 36.4 Å². The molecule has 0 amide bonds. The molecule has 0 spiro atoms. The first-order valence-electron chi connectivity index (χ1n) is 7.18. The molecule has 0 unspecified atom stereocenters. The van der Waals surface area contributed by atoms with E-state index in [0.717, 1.165) is 0 Å². The fourth-order valence-electron chi connectivity index (χ4n) is 1.93. The first-order chi connectivity index (χ1) is 12.1. The Morgan fingerprint density at radius 3 is 2.68 bits per heavy atom. The van der Waals surface area contributed by atoms with Crippen molar-refractivity contribution in [1.82, 2.24) is 15.1 Å². The van der Waals surface area contributed by atoms with Crippen molar-refractivity contribution in [2.24, 2.45) is 0 Å². The Hall–Kier alpha value is -3.00. The molecule has 1 aromatic carbocycles. The normalized spacial score (nSPS) is 10.5. The van der Waals surface area contributed by atoms with Crippen LogP contribution in [0.5, 0.6) is 11.6 Å². The largest absolute Gasteiger partial charge is 0.439 e. The molecule has 2 aromatic heterocycles. The van der Waals surface area contributed by atoms with E-state index in [1.807, 2.05) is 0 Å². The van der Waals surface area contributed by atoms with Gasteiger partial charge >= 0.3 is 5.97 Å². The summed E-state index contributed by atoms with van der Waals surface area (Å²) in [6.07, 6.45) is 1.44. The average Bonchev–Trinajstić information content (AvgIpc) is 3.11. The zero-order valence-electron chi connectivity index (χ0n) is 12.7. The number of rotatable bonds is 6. The number of carbonyl (C=O) groups is 1. The van der Waals surface area contributed by atoms with Gasteiger partial charge in [0.2, 0.25) is 5.88 Å². The Balaban J connectivity index is 1.65. The molecule has 0 N–H and O–H groups in total. The number of aryl methyl sites for hydroxylation is 1. The maximum Gasteiger partial charge on any atom is 0.349 e. The van der Waals surface area contributed by atoms with Gasteiger partial charge in [-0.1, -0.05) is 16.8 Å². The van der Waals surface area contributed by atoms with Crippen molar-refractivity contribution >= 4 is 17.6 Å². The summed E-state index contributed by atoms with van der Waals surface area (Å²) in [5.41, 5.74) is 0.670. The Bertz CT molecular complexity index is 853. The van der Waals surface area contributed by atoms with E-state index in [1.165, 1.54) is 6.20 Å². The number of carbonyl (C=O) groups excluding carboxylic acids is 1. The van der Waals surface area contributed by atoms with Crippen molar-refractivity contribution in [2.75, 3.05) is 0 Å². The molecule has 0 saturated heterocycles. The van der Waals surface area contributed by atoms with Gasteiger partial charge < -0.3 is 9.26 Å². The number of aromatic nitrogens is 3. The molecule has 0 saturated carbocycles. The maximum atomic E-state index is 11.6. The van der Waals surface area contributed by atoms with Gasteiger partial charge in [-0.2, -0.15) is 4.98 Å². The number of pyridine rings is 1. The maximum absolute atomic E-state index is 11.6. The minimum atomic E-state index is -0.983. The summed E-state index contributed by atoms with van der Waals surface area (Å²) in [5.74, 6) is 0.565. The highest BCUT2D eigenvalue weighted by Crippen LogP contribution is 2.24. The third kappa shape index (κ3) is 4.51. The number of hydrogen-bond acceptors (Lipinski definition) is 7. The van der Waals surface area contributed by atoms with Gasteiger partial charge in [0.15, 0.2) is 5.82 Å². The molecule has 128 valence electrons. The molecule has 25 heavy (non-hydrogen) atoms. The molecule has 3 aromatic rings. The van der Waals surface area contributed by atoms with Gasteiger partial charge in [-0.3, -0.25) is 4.94 Å². The van der Waals surface area contributed by atoms with E-state index >= 15 is 0 Å². The van der Waals surface area contributed by atoms with Gasteiger partial charge in [-0.05, 0) is 30.3 Å². The van der Waals surface area contributed by atoms with Crippen LogP contribution in [0.3, 0.4) is 0 Å². The van der Waals surface area contributed by atoms with Crippen molar-refractivity contribution in [1.29, 1.82) is 0 Å². The second-order valence-electron chi connectivity index (χ2n) is 4.91. The Labute approximate surface area is 146 Å². The standard InChI is InChI=1S/C16H11ClFN3O4/c17-11-3-7-14(19-9-11)23-12-4-1-10(2-5-12)16-20-13(21-25-16)6-8-15(22)24-18/h1-5,7,9H,6,8H2. The van der Waals surface area contributed by atoms with Crippen molar-refractivity contribution < 1.29 is 23.5 Å². The van der Waals surface area contributed by atoms with Gasteiger partial charge in [0.1, 0.15) is 5.75 Å². The number of hydrogen-bond donors (Lipinski definition) is 0. The molecule has 0 aliphatic rings. The van der Waals surface area contributed by atoms with E-state index in [2.05, 4.69) is 20.1 Å². The smallest absolute Gasteiger partial charge is 0.349 e. The van der Waals surface area contributed by atoms with E-state index in [9.17, 15) is 9.32 Å². The lowest BCUT2D eigenvalue weighted by Crippen LogP contribution is -2.00. The van der Waals surface area contributed by atoms with Gasteiger partial charge in [-0.15, -0.1) is 0 Å². The second kappa shape index (κ2) is 7.71. The third-order valence-corrected chi connectivity index (χ3v) is 3.35. The van der Waals surface area contributed by atoms with E-state index in [4.69, 9.17) is 20.9 Å². The van der Waals surface area contributed by atoms with Crippen LogP contribution in [-0.4, -0.2) is 21.1 Å². The van der Waals surface area contributed by atoms with Crippen LogP contribution in [0.2, 0.25) is 5.02 Å². The van der Waals surface area contributed by atoms with Gasteiger partial charge in [0.25, 0.3) is 5.89 Å². The van der Waals surface area contributed by atoms with Crippen LogP contribution in [0, 0.1) is 0 Å². The quantitative estimate of drug-likeness (QED) is 0.655. The molecule has 2 heterocycles. The predicted molar refractivity (Wildman–Crippen MR) is 84.6 cm³/mol. The zero-order valence-corrected chi connectivity index (χ0v) is 13.4. The molecular formula is C16H11ClFN3O4. The highest BCUT2D eigenvalue weighted by Gasteiger charge is 2.12.